The van der Waals surface area contributed by atoms with Gasteiger partial charge in [-0.05, 0) is 78.0 Å². The second kappa shape index (κ2) is 6.97. The third kappa shape index (κ3) is 4.94. The van der Waals surface area contributed by atoms with Gasteiger partial charge in [0.15, 0.2) is 0 Å². The highest BCUT2D eigenvalue weighted by molar-refractivity contribution is 4.93. The van der Waals surface area contributed by atoms with E-state index >= 15 is 0 Å². The summed E-state index contributed by atoms with van der Waals surface area (Å²) >= 11 is 0. The van der Waals surface area contributed by atoms with Gasteiger partial charge in [0, 0.05) is 24.7 Å². The van der Waals surface area contributed by atoms with Gasteiger partial charge in [-0.3, -0.25) is 4.90 Å². The molecular weight excluding hydrogens is 258 g/mol. The molecule has 0 aromatic carbocycles. The number of nitrogens with zero attached hydrogens (tertiary/aromatic N) is 2. The Bertz CT molecular complexity index is 301. The van der Waals surface area contributed by atoms with Crippen LogP contribution in [0.1, 0.15) is 60.3 Å². The third-order valence-electron chi connectivity index (χ3n) is 5.67. The topological polar surface area (TPSA) is 18.5 Å². The van der Waals surface area contributed by atoms with E-state index in [4.69, 9.17) is 0 Å². The first-order chi connectivity index (χ1) is 9.81. The van der Waals surface area contributed by atoms with E-state index in [-0.39, 0.29) is 0 Å². The molecule has 0 aliphatic carbocycles. The molecule has 2 aliphatic heterocycles. The highest BCUT2D eigenvalue weighted by Crippen LogP contribution is 2.42. The van der Waals surface area contributed by atoms with E-state index < -0.39 is 0 Å². The van der Waals surface area contributed by atoms with E-state index in [9.17, 15) is 0 Å². The first kappa shape index (κ1) is 17.2. The van der Waals surface area contributed by atoms with Gasteiger partial charge < -0.3 is 10.2 Å². The van der Waals surface area contributed by atoms with Crippen molar-refractivity contribution in [1.82, 2.24) is 15.1 Å². The smallest absolute Gasteiger partial charge is 0.0125 e. The average Bonchev–Trinajstić information content (AvgIpc) is 2.40. The fourth-order valence-electron chi connectivity index (χ4n) is 3.91. The average molecular weight is 296 g/mol. The van der Waals surface area contributed by atoms with Crippen LogP contribution in [0.25, 0.3) is 0 Å². The van der Waals surface area contributed by atoms with Gasteiger partial charge in [0.05, 0.1) is 0 Å². The van der Waals surface area contributed by atoms with Crippen molar-refractivity contribution in [2.24, 2.45) is 5.41 Å². The zero-order valence-electron chi connectivity index (χ0n) is 15.0. The van der Waals surface area contributed by atoms with Gasteiger partial charge in [0.25, 0.3) is 0 Å². The van der Waals surface area contributed by atoms with Crippen LogP contribution in [0.15, 0.2) is 0 Å². The standard InChI is InChI=1S/C18H37N3/c1-16(2)19-10-15-20-11-6-18(7-12-20)8-13-21(14-9-18)17(3,4)5/h16,19H,6-15H2,1-5H3. The Balaban J connectivity index is 1.72. The first-order valence-corrected chi connectivity index (χ1v) is 9.02. The molecule has 2 rings (SSSR count). The summed E-state index contributed by atoms with van der Waals surface area (Å²) in [6.07, 6.45) is 5.68. The molecule has 3 heteroatoms. The fraction of sp³-hybridized carbons (Fsp3) is 1.00. The molecule has 1 spiro atoms. The largest absolute Gasteiger partial charge is 0.313 e. The second-order valence-corrected chi connectivity index (χ2v) is 8.61. The molecule has 0 aromatic heterocycles. The molecule has 3 nitrogen and oxygen atoms in total. The Morgan fingerprint density at radius 2 is 1.48 bits per heavy atom. The molecule has 0 bridgehead atoms. The van der Waals surface area contributed by atoms with Gasteiger partial charge >= 0.3 is 0 Å². The lowest BCUT2D eigenvalue weighted by Gasteiger charge is -2.50. The van der Waals surface area contributed by atoms with Crippen molar-refractivity contribution in [1.29, 1.82) is 0 Å². The lowest BCUT2D eigenvalue weighted by molar-refractivity contribution is 0.00370. The molecule has 2 heterocycles. The van der Waals surface area contributed by atoms with E-state index in [0.717, 1.165) is 6.54 Å². The van der Waals surface area contributed by atoms with E-state index in [2.05, 4.69) is 49.7 Å². The molecular formula is C18H37N3. The Morgan fingerprint density at radius 3 is 1.95 bits per heavy atom. The molecule has 124 valence electrons. The van der Waals surface area contributed by atoms with Gasteiger partial charge in [-0.2, -0.15) is 0 Å². The summed E-state index contributed by atoms with van der Waals surface area (Å²) in [5, 5.41) is 3.54. The summed E-state index contributed by atoms with van der Waals surface area (Å²) < 4.78 is 0. The molecule has 0 aromatic rings. The zero-order chi connectivity index (χ0) is 15.5. The van der Waals surface area contributed by atoms with Crippen molar-refractivity contribution < 1.29 is 0 Å². The maximum absolute atomic E-state index is 3.54. The van der Waals surface area contributed by atoms with Crippen LogP contribution >= 0.6 is 0 Å². The van der Waals surface area contributed by atoms with E-state index in [0.29, 0.717) is 17.0 Å². The van der Waals surface area contributed by atoms with Crippen LogP contribution in [0.2, 0.25) is 0 Å². The fourth-order valence-corrected chi connectivity index (χ4v) is 3.91. The summed E-state index contributed by atoms with van der Waals surface area (Å²) in [7, 11) is 0. The van der Waals surface area contributed by atoms with Crippen LogP contribution in [-0.4, -0.2) is 60.6 Å². The van der Waals surface area contributed by atoms with Gasteiger partial charge in [0.1, 0.15) is 0 Å². The minimum Gasteiger partial charge on any atom is -0.313 e. The normalized spacial score (nSPS) is 24.9. The Labute approximate surface area is 132 Å². The minimum absolute atomic E-state index is 0.352. The Hall–Kier alpha value is -0.120. The van der Waals surface area contributed by atoms with Gasteiger partial charge in [-0.25, -0.2) is 0 Å². The van der Waals surface area contributed by atoms with Crippen LogP contribution in [-0.2, 0) is 0 Å². The number of likely N-dealkylation sites (tertiary alicyclic amines) is 2. The molecule has 0 unspecified atom stereocenters. The lowest BCUT2D eigenvalue weighted by Crippen LogP contribution is -2.52. The predicted octanol–water partition coefficient (Wildman–Crippen LogP) is 2.96. The Kier molecular flexibility index (Phi) is 5.72. The van der Waals surface area contributed by atoms with E-state index in [1.807, 2.05) is 0 Å². The summed E-state index contributed by atoms with van der Waals surface area (Å²) in [6, 6.07) is 0.614. The third-order valence-corrected chi connectivity index (χ3v) is 5.67. The van der Waals surface area contributed by atoms with Gasteiger partial charge in [0.2, 0.25) is 0 Å². The van der Waals surface area contributed by atoms with Crippen molar-refractivity contribution in [2.45, 2.75) is 71.9 Å². The highest BCUT2D eigenvalue weighted by atomic mass is 15.2. The quantitative estimate of drug-likeness (QED) is 0.860. The number of hydrogen-bond acceptors (Lipinski definition) is 3. The first-order valence-electron chi connectivity index (χ1n) is 9.02. The SMILES string of the molecule is CC(C)NCCN1CCC2(CC1)CCN(C(C)(C)C)CC2. The molecule has 2 aliphatic rings. The molecule has 2 fully saturated rings. The lowest BCUT2D eigenvalue weighted by atomic mass is 9.70. The van der Waals surface area contributed by atoms with Crippen molar-refractivity contribution in [3.05, 3.63) is 0 Å². The van der Waals surface area contributed by atoms with Gasteiger partial charge in [-0.1, -0.05) is 13.8 Å². The number of piperidine rings is 2. The minimum atomic E-state index is 0.352. The van der Waals surface area contributed by atoms with E-state index in [1.165, 1.54) is 58.4 Å². The summed E-state index contributed by atoms with van der Waals surface area (Å²) in [5.41, 5.74) is 1.02. The van der Waals surface area contributed by atoms with Crippen molar-refractivity contribution in [2.75, 3.05) is 39.3 Å². The number of hydrogen-bond donors (Lipinski definition) is 1. The summed E-state index contributed by atoms with van der Waals surface area (Å²) in [6.45, 7) is 19.1. The van der Waals surface area contributed by atoms with Crippen molar-refractivity contribution in [3.8, 4) is 0 Å². The number of rotatable bonds is 4. The van der Waals surface area contributed by atoms with Crippen LogP contribution < -0.4 is 5.32 Å². The molecule has 0 amide bonds. The van der Waals surface area contributed by atoms with Crippen LogP contribution in [0.3, 0.4) is 0 Å². The number of nitrogens with one attached hydrogen (secondary N) is 1. The predicted molar refractivity (Wildman–Crippen MR) is 91.8 cm³/mol. The van der Waals surface area contributed by atoms with Crippen molar-refractivity contribution in [3.63, 3.8) is 0 Å². The van der Waals surface area contributed by atoms with Gasteiger partial charge in [-0.15, -0.1) is 0 Å². The molecule has 2 saturated heterocycles. The van der Waals surface area contributed by atoms with Crippen LogP contribution in [0, 0.1) is 5.41 Å². The summed E-state index contributed by atoms with van der Waals surface area (Å²) in [4.78, 5) is 5.34. The molecule has 0 atom stereocenters. The molecule has 0 saturated carbocycles. The molecule has 21 heavy (non-hydrogen) atoms. The van der Waals surface area contributed by atoms with Crippen molar-refractivity contribution >= 4 is 0 Å². The monoisotopic (exact) mass is 295 g/mol. The maximum Gasteiger partial charge on any atom is 0.0125 e. The second-order valence-electron chi connectivity index (χ2n) is 8.61. The Morgan fingerprint density at radius 1 is 0.952 bits per heavy atom. The van der Waals surface area contributed by atoms with Crippen LogP contribution in [0.5, 0.6) is 0 Å². The maximum atomic E-state index is 3.54. The zero-order valence-corrected chi connectivity index (χ0v) is 15.0. The highest BCUT2D eigenvalue weighted by Gasteiger charge is 2.39. The summed E-state index contributed by atoms with van der Waals surface area (Å²) in [5.74, 6) is 0. The molecule has 1 N–H and O–H groups in total. The van der Waals surface area contributed by atoms with Crippen LogP contribution in [0.4, 0.5) is 0 Å². The van der Waals surface area contributed by atoms with E-state index in [1.54, 1.807) is 0 Å². The molecule has 0 radical (unpaired) electrons.